The van der Waals surface area contributed by atoms with Gasteiger partial charge in [0.1, 0.15) is 0 Å². The summed E-state index contributed by atoms with van der Waals surface area (Å²) in [4.78, 5) is 2.86. The van der Waals surface area contributed by atoms with Gasteiger partial charge >= 0.3 is 36.9 Å². The predicted octanol–water partition coefficient (Wildman–Crippen LogP) is -6.09. The Bertz CT molecular complexity index is 27.0. The van der Waals surface area contributed by atoms with E-state index in [1.807, 2.05) is 0 Å². The maximum Gasteiger partial charge on any atom is 1.00 e. The normalized spacial score (nSPS) is 4.88. The molecule has 0 aromatic heterocycles. The SMILES string of the molecule is O.O.OOB(O)O.[H-].[Na+]. The van der Waals surface area contributed by atoms with E-state index in [2.05, 4.69) is 4.81 Å². The summed E-state index contributed by atoms with van der Waals surface area (Å²) in [7, 11) is -2.06. The summed E-state index contributed by atoms with van der Waals surface area (Å²) in [6, 6.07) is 0. The zero-order valence-corrected chi connectivity index (χ0v) is 6.33. The summed E-state index contributed by atoms with van der Waals surface area (Å²) >= 11 is 0. The molecule has 48 valence electrons. The fraction of sp³-hybridized carbons (Fsp3) is 0. The molecule has 7 N–H and O–H groups in total. The zero-order chi connectivity index (χ0) is 4.28. The summed E-state index contributed by atoms with van der Waals surface area (Å²) in [5, 5.41) is 22.0. The van der Waals surface area contributed by atoms with Crippen LogP contribution in [0.2, 0.25) is 0 Å². The third-order valence-corrected chi connectivity index (χ3v) is 0.0943. The quantitative estimate of drug-likeness (QED) is 0.189. The van der Waals surface area contributed by atoms with Crippen molar-refractivity contribution < 1.29 is 62.0 Å². The molecule has 6 nitrogen and oxygen atoms in total. The molecule has 0 radical (unpaired) electrons. The Balaban J connectivity index is -0.0000000133. The van der Waals surface area contributed by atoms with Crippen molar-refractivity contribution in [3.8, 4) is 0 Å². The number of hydrogen-bond acceptors (Lipinski definition) is 4. The van der Waals surface area contributed by atoms with E-state index in [-0.39, 0.29) is 41.9 Å². The summed E-state index contributed by atoms with van der Waals surface area (Å²) in [6.45, 7) is 0. The van der Waals surface area contributed by atoms with Crippen molar-refractivity contribution in [3.63, 3.8) is 0 Å². The average molecular weight is 138 g/mol. The van der Waals surface area contributed by atoms with Crippen LogP contribution in [-0.2, 0) is 4.81 Å². The van der Waals surface area contributed by atoms with Crippen LogP contribution >= 0.6 is 0 Å². The first kappa shape index (κ1) is 23.2. The Kier molecular flexibility index (Phi) is 45.4. The number of rotatable bonds is 1. The van der Waals surface area contributed by atoms with Crippen LogP contribution in [0.3, 0.4) is 0 Å². The zero-order valence-electron chi connectivity index (χ0n) is 5.33. The molecule has 0 aliphatic carbocycles. The van der Waals surface area contributed by atoms with E-state index in [4.69, 9.17) is 15.3 Å². The summed E-state index contributed by atoms with van der Waals surface area (Å²) in [5.74, 6) is 0. The van der Waals surface area contributed by atoms with Crippen molar-refractivity contribution in [1.82, 2.24) is 0 Å². The first-order valence-corrected chi connectivity index (χ1v) is 0.935. The molecular weight excluding hydrogens is 130 g/mol. The maximum atomic E-state index is 7.44. The van der Waals surface area contributed by atoms with Gasteiger partial charge in [-0.25, -0.2) is 4.81 Å². The second-order valence-corrected chi connectivity index (χ2v) is 0.432. The number of hydrogen-bond donors (Lipinski definition) is 3. The molecule has 8 heteroatoms. The molecule has 0 rings (SSSR count). The van der Waals surface area contributed by atoms with E-state index in [1.54, 1.807) is 0 Å². The van der Waals surface area contributed by atoms with Crippen LogP contribution in [0.1, 0.15) is 1.43 Å². The average Bonchev–Trinajstić information content (AvgIpc) is 1.38. The topological polar surface area (TPSA) is 133 Å². The van der Waals surface area contributed by atoms with Crippen LogP contribution in [0.5, 0.6) is 0 Å². The minimum atomic E-state index is -2.06. The van der Waals surface area contributed by atoms with Gasteiger partial charge in [-0.15, -0.1) is 0 Å². The molecule has 0 bridgehead atoms. The molecule has 0 unspecified atom stereocenters. The van der Waals surface area contributed by atoms with Gasteiger partial charge in [0.05, 0.1) is 0 Å². The first-order chi connectivity index (χ1) is 2.27. The van der Waals surface area contributed by atoms with Crippen molar-refractivity contribution in [2.24, 2.45) is 0 Å². The summed E-state index contributed by atoms with van der Waals surface area (Å²) < 4.78 is 0. The van der Waals surface area contributed by atoms with E-state index in [0.29, 0.717) is 0 Å². The van der Waals surface area contributed by atoms with Gasteiger partial charge in [-0.2, -0.15) is 0 Å². The summed E-state index contributed by atoms with van der Waals surface area (Å²) in [5.41, 5.74) is 0. The first-order valence-electron chi connectivity index (χ1n) is 0.935. The van der Waals surface area contributed by atoms with Crippen LogP contribution in [0.4, 0.5) is 0 Å². The van der Waals surface area contributed by atoms with E-state index >= 15 is 0 Å². The third-order valence-electron chi connectivity index (χ3n) is 0.0943. The molecule has 0 spiro atoms. The molecule has 0 aliphatic heterocycles. The second kappa shape index (κ2) is 15.7. The van der Waals surface area contributed by atoms with Crippen LogP contribution in [0.15, 0.2) is 0 Å². The fourth-order valence-corrected chi connectivity index (χ4v) is 0. The molecule has 8 heavy (non-hydrogen) atoms. The minimum Gasteiger partial charge on any atom is -1.00 e. The van der Waals surface area contributed by atoms with Gasteiger partial charge < -0.3 is 22.4 Å². The Hall–Kier alpha value is 0.825. The third kappa shape index (κ3) is 29.0. The largest absolute Gasteiger partial charge is 1.00 e. The molecule has 0 heterocycles. The molecule has 0 atom stereocenters. The fourth-order valence-electron chi connectivity index (χ4n) is 0. The van der Waals surface area contributed by atoms with Crippen LogP contribution in [0.25, 0.3) is 0 Å². The van der Waals surface area contributed by atoms with Gasteiger partial charge in [-0.1, -0.05) is 0 Å². The Morgan fingerprint density at radius 3 is 1.38 bits per heavy atom. The molecular formula is H8BNaO6. The van der Waals surface area contributed by atoms with Crippen LogP contribution in [0, 0.1) is 0 Å². The molecule has 0 saturated heterocycles. The van der Waals surface area contributed by atoms with Crippen molar-refractivity contribution in [2.45, 2.75) is 0 Å². The molecule has 0 aliphatic rings. The van der Waals surface area contributed by atoms with Gasteiger partial charge in [-0.3, -0.25) is 5.26 Å². The van der Waals surface area contributed by atoms with Crippen LogP contribution < -0.4 is 29.6 Å². The van der Waals surface area contributed by atoms with Gasteiger partial charge in [0, 0.05) is 0 Å². The van der Waals surface area contributed by atoms with Crippen molar-refractivity contribution in [2.75, 3.05) is 0 Å². The summed E-state index contributed by atoms with van der Waals surface area (Å²) in [6.07, 6.45) is 0. The van der Waals surface area contributed by atoms with Crippen molar-refractivity contribution in [1.29, 1.82) is 0 Å². The van der Waals surface area contributed by atoms with E-state index in [1.165, 1.54) is 0 Å². The van der Waals surface area contributed by atoms with Gasteiger partial charge in [-0.05, 0) is 0 Å². The van der Waals surface area contributed by atoms with Gasteiger partial charge in [0.2, 0.25) is 0 Å². The monoisotopic (exact) mass is 138 g/mol. The molecule has 0 aromatic rings. The Morgan fingerprint density at radius 2 is 1.38 bits per heavy atom. The molecule has 0 amide bonds. The molecule has 0 fully saturated rings. The predicted molar refractivity (Wildman–Crippen MR) is 22.2 cm³/mol. The Labute approximate surface area is 69.6 Å². The van der Waals surface area contributed by atoms with Crippen molar-refractivity contribution >= 4 is 7.32 Å². The standard InChI is InChI=1S/BH3O4.Na.2H2O.H/c2-1(3)5-4;;;;/h2-4H;;2*1H2;/q;+1;;;-1. The van der Waals surface area contributed by atoms with Crippen LogP contribution in [-0.4, -0.2) is 33.6 Å². The Morgan fingerprint density at radius 1 is 1.25 bits per heavy atom. The molecule has 0 saturated carbocycles. The van der Waals surface area contributed by atoms with E-state index < -0.39 is 7.32 Å². The van der Waals surface area contributed by atoms with Crippen molar-refractivity contribution in [3.05, 3.63) is 0 Å². The smallest absolute Gasteiger partial charge is 1.00 e. The van der Waals surface area contributed by atoms with E-state index in [9.17, 15) is 0 Å². The molecule has 0 aromatic carbocycles. The maximum absolute atomic E-state index is 7.44. The van der Waals surface area contributed by atoms with E-state index in [0.717, 1.165) is 0 Å². The van der Waals surface area contributed by atoms with Gasteiger partial charge in [0.25, 0.3) is 0 Å². The van der Waals surface area contributed by atoms with Gasteiger partial charge in [0.15, 0.2) is 0 Å². The second-order valence-electron chi connectivity index (χ2n) is 0.432. The minimum absolute atomic E-state index is 0.